The molecule has 130 valence electrons. The molecule has 2 atom stereocenters. The van der Waals surface area contributed by atoms with Crippen LogP contribution in [0, 0.1) is 0 Å². The third kappa shape index (κ3) is 5.05. The number of hydrogen-bond donors (Lipinski definition) is 4. The van der Waals surface area contributed by atoms with Crippen LogP contribution in [0.2, 0.25) is 0 Å². The molecule has 0 spiro atoms. The van der Waals surface area contributed by atoms with Gasteiger partial charge in [0.25, 0.3) is 0 Å². The zero-order chi connectivity index (χ0) is 16.5. The van der Waals surface area contributed by atoms with Crippen LogP contribution in [-0.2, 0) is 0 Å². The van der Waals surface area contributed by atoms with Crippen LogP contribution in [0.25, 0.3) is 0 Å². The van der Waals surface area contributed by atoms with E-state index in [0.717, 1.165) is 64.2 Å². The van der Waals surface area contributed by atoms with E-state index in [9.17, 15) is 10.2 Å². The molecule has 2 unspecified atom stereocenters. The van der Waals surface area contributed by atoms with Gasteiger partial charge in [-0.3, -0.25) is 0 Å². The minimum Gasteiger partial charge on any atom is -0.396 e. The van der Waals surface area contributed by atoms with Gasteiger partial charge in [0.2, 0.25) is 0 Å². The van der Waals surface area contributed by atoms with Gasteiger partial charge in [0.15, 0.2) is 0 Å². The van der Waals surface area contributed by atoms with Gasteiger partial charge in [-0.1, -0.05) is 57.9 Å². The van der Waals surface area contributed by atoms with Gasteiger partial charge in [-0.25, -0.2) is 0 Å². The van der Waals surface area contributed by atoms with Crippen molar-refractivity contribution in [3.8, 4) is 0 Å². The molecule has 0 aliphatic heterocycles. The molecule has 4 N–H and O–H groups in total. The van der Waals surface area contributed by atoms with Gasteiger partial charge in [-0.15, -0.1) is 0 Å². The lowest BCUT2D eigenvalue weighted by Crippen LogP contribution is -2.25. The Morgan fingerprint density at radius 3 is 1.27 bits per heavy atom. The summed E-state index contributed by atoms with van der Waals surface area (Å²) in [5.74, 6) is 0. The number of aliphatic hydroxyl groups excluding tert-OH is 2. The highest BCUT2D eigenvalue weighted by Crippen LogP contribution is 2.58. The van der Waals surface area contributed by atoms with Crippen molar-refractivity contribution in [2.75, 3.05) is 13.2 Å². The SMILES string of the molecule is C=C1C(O)(CCCCCCO)C1(O)CCCCCCCCO. The topological polar surface area (TPSA) is 80.9 Å². The fraction of sp³-hybridized carbons (Fsp3) is 0.889. The number of unbranched alkanes of at least 4 members (excludes halogenated alkanes) is 8. The number of rotatable bonds is 14. The number of aliphatic hydroxyl groups is 4. The Hall–Kier alpha value is -0.420. The van der Waals surface area contributed by atoms with Gasteiger partial charge in [0.1, 0.15) is 11.2 Å². The molecule has 1 rings (SSSR count). The summed E-state index contributed by atoms with van der Waals surface area (Å²) in [5.41, 5.74) is -1.57. The molecular formula is C18H34O4. The Bertz CT molecular complexity index is 331. The summed E-state index contributed by atoms with van der Waals surface area (Å²) in [7, 11) is 0. The van der Waals surface area contributed by atoms with E-state index in [1.165, 1.54) is 0 Å². The molecule has 22 heavy (non-hydrogen) atoms. The van der Waals surface area contributed by atoms with Crippen molar-refractivity contribution in [3.63, 3.8) is 0 Å². The molecule has 1 aliphatic rings. The third-order valence-electron chi connectivity index (χ3n) is 5.01. The Kier molecular flexibility index (Phi) is 8.62. The van der Waals surface area contributed by atoms with E-state index in [4.69, 9.17) is 10.2 Å². The van der Waals surface area contributed by atoms with Crippen molar-refractivity contribution in [1.82, 2.24) is 0 Å². The van der Waals surface area contributed by atoms with Gasteiger partial charge < -0.3 is 20.4 Å². The lowest BCUT2D eigenvalue weighted by Gasteiger charge is -2.15. The summed E-state index contributed by atoms with van der Waals surface area (Å²) in [4.78, 5) is 0. The summed E-state index contributed by atoms with van der Waals surface area (Å²) >= 11 is 0. The van der Waals surface area contributed by atoms with E-state index >= 15 is 0 Å². The molecule has 0 heterocycles. The standard InChI is InChI=1S/C18H34O4/c1-16-17(21,12-8-4-2-3-6-10-14-19)18(16,22)13-9-5-7-11-15-20/h19-22H,1-15H2. The summed E-state index contributed by atoms with van der Waals surface area (Å²) in [6, 6.07) is 0. The van der Waals surface area contributed by atoms with Crippen LogP contribution >= 0.6 is 0 Å². The highest BCUT2D eigenvalue weighted by atomic mass is 16.4. The van der Waals surface area contributed by atoms with E-state index in [0.29, 0.717) is 18.4 Å². The zero-order valence-electron chi connectivity index (χ0n) is 13.9. The third-order valence-corrected chi connectivity index (χ3v) is 5.01. The molecule has 1 aliphatic carbocycles. The number of hydrogen-bond acceptors (Lipinski definition) is 4. The largest absolute Gasteiger partial charge is 0.396 e. The van der Waals surface area contributed by atoms with Gasteiger partial charge in [-0.2, -0.15) is 0 Å². The van der Waals surface area contributed by atoms with Gasteiger partial charge in [-0.05, 0) is 31.3 Å². The Balaban J connectivity index is 2.15. The van der Waals surface area contributed by atoms with Gasteiger partial charge in [0.05, 0.1) is 0 Å². The van der Waals surface area contributed by atoms with E-state index in [2.05, 4.69) is 6.58 Å². The average molecular weight is 314 g/mol. The van der Waals surface area contributed by atoms with Crippen LogP contribution in [-0.4, -0.2) is 44.8 Å². The van der Waals surface area contributed by atoms with Crippen molar-refractivity contribution in [1.29, 1.82) is 0 Å². The molecule has 0 amide bonds. The van der Waals surface area contributed by atoms with Crippen molar-refractivity contribution < 1.29 is 20.4 Å². The fourth-order valence-corrected chi connectivity index (χ4v) is 3.32. The van der Waals surface area contributed by atoms with Crippen LogP contribution < -0.4 is 0 Å². The maximum Gasteiger partial charge on any atom is 0.121 e. The maximum atomic E-state index is 10.5. The highest BCUT2D eigenvalue weighted by Gasteiger charge is 2.69. The van der Waals surface area contributed by atoms with Crippen molar-refractivity contribution >= 4 is 0 Å². The van der Waals surface area contributed by atoms with Crippen LogP contribution in [0.5, 0.6) is 0 Å². The minimum absolute atomic E-state index is 0.221. The van der Waals surface area contributed by atoms with Crippen LogP contribution in [0.4, 0.5) is 0 Å². The molecule has 4 nitrogen and oxygen atoms in total. The van der Waals surface area contributed by atoms with Crippen LogP contribution in [0.15, 0.2) is 12.2 Å². The summed E-state index contributed by atoms with van der Waals surface area (Å²) < 4.78 is 0. The van der Waals surface area contributed by atoms with Gasteiger partial charge in [0, 0.05) is 13.2 Å². The smallest absolute Gasteiger partial charge is 0.121 e. The van der Waals surface area contributed by atoms with Crippen LogP contribution in [0.1, 0.15) is 77.0 Å². The second kappa shape index (κ2) is 9.66. The van der Waals surface area contributed by atoms with Crippen LogP contribution in [0.3, 0.4) is 0 Å². The van der Waals surface area contributed by atoms with Crippen molar-refractivity contribution in [2.24, 2.45) is 0 Å². The van der Waals surface area contributed by atoms with Gasteiger partial charge >= 0.3 is 0 Å². The molecule has 0 aromatic heterocycles. The normalized spacial score (nSPS) is 27.4. The highest BCUT2D eigenvalue weighted by molar-refractivity contribution is 5.49. The first kappa shape index (κ1) is 19.6. The van der Waals surface area contributed by atoms with E-state index in [1.807, 2.05) is 0 Å². The van der Waals surface area contributed by atoms with E-state index in [1.54, 1.807) is 0 Å². The first-order valence-corrected chi connectivity index (χ1v) is 8.89. The molecule has 0 aromatic carbocycles. The monoisotopic (exact) mass is 314 g/mol. The molecule has 0 saturated heterocycles. The first-order chi connectivity index (χ1) is 10.5. The predicted molar refractivity (Wildman–Crippen MR) is 88.6 cm³/mol. The molecule has 0 aromatic rings. The molecule has 0 bridgehead atoms. The Labute approximate surface area is 134 Å². The fourth-order valence-electron chi connectivity index (χ4n) is 3.32. The summed E-state index contributed by atoms with van der Waals surface area (Å²) in [5, 5.41) is 38.5. The Morgan fingerprint density at radius 2 is 0.909 bits per heavy atom. The lowest BCUT2D eigenvalue weighted by molar-refractivity contribution is 0.00708. The Morgan fingerprint density at radius 1 is 0.591 bits per heavy atom. The lowest BCUT2D eigenvalue weighted by atomic mass is 10.00. The first-order valence-electron chi connectivity index (χ1n) is 8.89. The molecular weight excluding hydrogens is 280 g/mol. The molecule has 1 saturated carbocycles. The zero-order valence-corrected chi connectivity index (χ0v) is 13.9. The maximum absolute atomic E-state index is 10.5. The molecule has 1 fully saturated rings. The molecule has 4 heteroatoms. The van der Waals surface area contributed by atoms with E-state index in [-0.39, 0.29) is 13.2 Å². The second-order valence-corrected chi connectivity index (χ2v) is 6.68. The minimum atomic E-state index is -1.08. The molecule has 0 radical (unpaired) electrons. The quantitative estimate of drug-likeness (QED) is 0.293. The van der Waals surface area contributed by atoms with E-state index < -0.39 is 11.2 Å². The summed E-state index contributed by atoms with van der Waals surface area (Å²) in [6.45, 7) is 4.35. The second-order valence-electron chi connectivity index (χ2n) is 6.68. The summed E-state index contributed by atoms with van der Waals surface area (Å²) in [6.07, 6.45) is 10.9. The predicted octanol–water partition coefficient (Wildman–Crippen LogP) is 2.68. The van der Waals surface area contributed by atoms with Crippen molar-refractivity contribution in [3.05, 3.63) is 12.2 Å². The average Bonchev–Trinajstić information content (AvgIpc) is 2.92. The van der Waals surface area contributed by atoms with Crippen molar-refractivity contribution in [2.45, 2.75) is 88.3 Å².